The molecule has 0 spiro atoms. The summed E-state index contributed by atoms with van der Waals surface area (Å²) in [4.78, 5) is 5.04. The number of aryl methyl sites for hydroxylation is 1. The smallest absolute Gasteiger partial charge is 0.249 e. The molecule has 0 unspecified atom stereocenters. The Balaban J connectivity index is 1.16. The van der Waals surface area contributed by atoms with Gasteiger partial charge in [-0.05, 0) is 134 Å². The van der Waals surface area contributed by atoms with Crippen LogP contribution in [0.4, 0.5) is 34.3 Å². The summed E-state index contributed by atoms with van der Waals surface area (Å²) < 4.78 is 2.47. The van der Waals surface area contributed by atoms with E-state index in [1.54, 1.807) is 0 Å². The van der Waals surface area contributed by atoms with Crippen LogP contribution in [-0.2, 0) is 16.2 Å². The highest BCUT2D eigenvalue weighted by atomic mass is 15.2. The van der Waals surface area contributed by atoms with Gasteiger partial charge < -0.3 is 9.30 Å². The molecule has 0 atom stereocenters. The molecule has 314 valence electrons. The molecular formula is C60H56BN3. The van der Waals surface area contributed by atoms with E-state index < -0.39 is 0 Å². The zero-order chi connectivity index (χ0) is 44.3. The van der Waals surface area contributed by atoms with Crippen molar-refractivity contribution in [1.82, 2.24) is 4.40 Å². The van der Waals surface area contributed by atoms with Gasteiger partial charge in [0, 0.05) is 45.3 Å². The highest BCUT2D eigenvalue weighted by molar-refractivity contribution is 6.99. The normalized spacial score (nSPS) is 14.1. The molecule has 3 nitrogen and oxygen atoms in total. The predicted octanol–water partition coefficient (Wildman–Crippen LogP) is 14.1. The first kappa shape index (κ1) is 40.0. The Morgan fingerprint density at radius 2 is 1.19 bits per heavy atom. The van der Waals surface area contributed by atoms with Crippen molar-refractivity contribution < 1.29 is 0 Å². The standard InChI is InChI=1S/C60H56BN3/c1-39-34-51-56-55(35-39)64(43-20-14-11-15-21-43)57-53(37-45-29-26-42(38-62(45)57)59(5,6)7)61(56)52-32-30-46(36-50(52)60(51,8)9)63(44-27-24-41(25-28-44)58(2,3)4)54-33-31-47(40-18-12-10-13-19-40)48-22-16-17-23-49(48)54/h10-38H,1-9H3. The van der Waals surface area contributed by atoms with Crippen LogP contribution in [0.5, 0.6) is 0 Å². The van der Waals surface area contributed by atoms with Crippen molar-refractivity contribution in [3.63, 3.8) is 0 Å². The number of benzene rings is 7. The number of anilines is 6. The van der Waals surface area contributed by atoms with E-state index in [4.69, 9.17) is 0 Å². The van der Waals surface area contributed by atoms with E-state index in [-0.39, 0.29) is 23.0 Å². The molecule has 11 rings (SSSR count). The van der Waals surface area contributed by atoms with Crippen LogP contribution < -0.4 is 26.2 Å². The molecule has 0 aliphatic carbocycles. The molecule has 0 bridgehead atoms. The number of hydrogen-bond donors (Lipinski definition) is 0. The van der Waals surface area contributed by atoms with E-state index in [2.05, 4.69) is 253 Å². The maximum absolute atomic E-state index is 2.54. The first-order chi connectivity index (χ1) is 30.7. The SMILES string of the molecule is Cc1cc2c3c(c1)C(C)(C)c1cc(N(c4ccc(C(C)(C)C)cc4)c4ccc(-c5ccccc5)c5ccccc45)ccc1B3c1cc3ccc(C(C)(C)C)cn3c1N2c1ccccc1. The second-order valence-electron chi connectivity index (χ2n) is 20.8. The molecule has 2 aromatic heterocycles. The highest BCUT2D eigenvalue weighted by Gasteiger charge is 2.47. The van der Waals surface area contributed by atoms with Crippen LogP contribution in [0.3, 0.4) is 0 Å². The minimum atomic E-state index is -0.294. The number of fused-ring (bicyclic) bond motifs is 7. The summed E-state index contributed by atoms with van der Waals surface area (Å²) in [5.41, 5.74) is 20.1. The van der Waals surface area contributed by atoms with Gasteiger partial charge in [-0.25, -0.2) is 0 Å². The number of para-hydroxylation sites is 1. The van der Waals surface area contributed by atoms with Crippen LogP contribution in [0.25, 0.3) is 27.4 Å². The van der Waals surface area contributed by atoms with Crippen LogP contribution in [0.15, 0.2) is 176 Å². The van der Waals surface area contributed by atoms with Crippen molar-refractivity contribution in [3.8, 4) is 11.1 Å². The molecule has 4 heteroatoms. The lowest BCUT2D eigenvalue weighted by molar-refractivity contribution is 0.586. The third-order valence-corrected chi connectivity index (χ3v) is 14.2. The van der Waals surface area contributed by atoms with Crippen molar-refractivity contribution >= 4 is 73.6 Å². The minimum Gasteiger partial charge on any atom is -0.310 e. The van der Waals surface area contributed by atoms with Gasteiger partial charge >= 0.3 is 0 Å². The van der Waals surface area contributed by atoms with Gasteiger partial charge in [0.25, 0.3) is 0 Å². The molecule has 0 radical (unpaired) electrons. The summed E-state index contributed by atoms with van der Waals surface area (Å²) in [5.74, 6) is 1.22. The minimum absolute atomic E-state index is 0.00322. The van der Waals surface area contributed by atoms with Crippen LogP contribution in [0.1, 0.15) is 83.2 Å². The lowest BCUT2D eigenvalue weighted by Gasteiger charge is -2.45. The lowest BCUT2D eigenvalue weighted by atomic mass is 9.30. The maximum Gasteiger partial charge on any atom is 0.249 e. The van der Waals surface area contributed by atoms with Gasteiger partial charge in [0.05, 0.1) is 5.69 Å². The molecule has 0 N–H and O–H groups in total. The van der Waals surface area contributed by atoms with Crippen molar-refractivity contribution in [2.24, 2.45) is 0 Å². The zero-order valence-electron chi connectivity index (χ0n) is 38.7. The van der Waals surface area contributed by atoms with Gasteiger partial charge in [-0.2, -0.15) is 0 Å². The van der Waals surface area contributed by atoms with Crippen molar-refractivity contribution in [1.29, 1.82) is 0 Å². The Bertz CT molecular complexity index is 3270. The number of nitrogens with zero attached hydrogens (tertiary/aromatic N) is 3. The molecule has 0 amide bonds. The summed E-state index contributed by atoms with van der Waals surface area (Å²) in [7, 11) is 0. The van der Waals surface area contributed by atoms with E-state index in [9.17, 15) is 0 Å². The van der Waals surface area contributed by atoms with Gasteiger partial charge in [-0.3, -0.25) is 4.90 Å². The molecule has 4 heterocycles. The first-order valence-electron chi connectivity index (χ1n) is 23.0. The van der Waals surface area contributed by atoms with E-state index in [0.29, 0.717) is 0 Å². The van der Waals surface area contributed by atoms with E-state index >= 15 is 0 Å². The van der Waals surface area contributed by atoms with Crippen molar-refractivity contribution in [2.45, 2.75) is 78.6 Å². The van der Waals surface area contributed by atoms with Crippen molar-refractivity contribution in [3.05, 3.63) is 204 Å². The number of hydrogen-bond acceptors (Lipinski definition) is 2. The number of rotatable bonds is 5. The van der Waals surface area contributed by atoms with E-state index in [1.165, 1.54) is 88.8 Å². The van der Waals surface area contributed by atoms with Crippen LogP contribution in [-0.4, -0.2) is 11.1 Å². The molecular weight excluding hydrogens is 773 g/mol. The van der Waals surface area contributed by atoms with Crippen LogP contribution in [0.2, 0.25) is 0 Å². The fourth-order valence-electron chi connectivity index (χ4n) is 10.8. The van der Waals surface area contributed by atoms with Gasteiger partial charge in [-0.15, -0.1) is 0 Å². The zero-order valence-corrected chi connectivity index (χ0v) is 38.7. The molecule has 7 aromatic carbocycles. The third-order valence-electron chi connectivity index (χ3n) is 14.2. The highest BCUT2D eigenvalue weighted by Crippen LogP contribution is 2.47. The molecule has 64 heavy (non-hydrogen) atoms. The van der Waals surface area contributed by atoms with Gasteiger partial charge in [0.2, 0.25) is 6.71 Å². The third kappa shape index (κ3) is 6.25. The predicted molar refractivity (Wildman–Crippen MR) is 275 cm³/mol. The second kappa shape index (κ2) is 14.4. The quantitative estimate of drug-likeness (QED) is 0.160. The van der Waals surface area contributed by atoms with E-state index in [0.717, 1.165) is 17.1 Å². The maximum atomic E-state index is 2.54. The second-order valence-corrected chi connectivity index (χ2v) is 20.8. The summed E-state index contributed by atoms with van der Waals surface area (Å²) in [5, 5.41) is 2.46. The van der Waals surface area contributed by atoms with Crippen LogP contribution >= 0.6 is 0 Å². The Morgan fingerprint density at radius 1 is 0.547 bits per heavy atom. The average Bonchev–Trinajstić information content (AvgIpc) is 3.66. The molecule has 2 aliphatic heterocycles. The Labute approximate surface area is 379 Å². The fourth-order valence-corrected chi connectivity index (χ4v) is 10.8. The first-order valence-corrected chi connectivity index (χ1v) is 23.0. The summed E-state index contributed by atoms with van der Waals surface area (Å²) >= 11 is 0. The topological polar surface area (TPSA) is 10.9 Å². The van der Waals surface area contributed by atoms with Gasteiger partial charge in [-0.1, -0.05) is 170 Å². The molecule has 2 aliphatic rings. The average molecular weight is 830 g/mol. The molecule has 9 aromatic rings. The summed E-state index contributed by atoms with van der Waals surface area (Å²) in [6.07, 6.45) is 2.39. The number of pyridine rings is 1. The largest absolute Gasteiger partial charge is 0.310 e. The van der Waals surface area contributed by atoms with Gasteiger partial charge in [0.1, 0.15) is 5.82 Å². The Hall–Kier alpha value is -6.78. The van der Waals surface area contributed by atoms with Crippen molar-refractivity contribution in [2.75, 3.05) is 9.80 Å². The summed E-state index contributed by atoms with van der Waals surface area (Å²) in [6.45, 7) is 21.0. The monoisotopic (exact) mass is 829 g/mol. The Kier molecular flexibility index (Phi) is 8.99. The Morgan fingerprint density at radius 3 is 1.89 bits per heavy atom. The van der Waals surface area contributed by atoms with Gasteiger partial charge in [0.15, 0.2) is 0 Å². The molecule has 0 fully saturated rings. The fraction of sp³-hybridized carbons (Fsp3) is 0.200. The molecule has 0 saturated carbocycles. The lowest BCUT2D eigenvalue weighted by Crippen LogP contribution is -2.64. The van der Waals surface area contributed by atoms with Crippen LogP contribution in [0, 0.1) is 6.92 Å². The van der Waals surface area contributed by atoms with E-state index in [1.807, 2.05) is 0 Å². The number of aromatic nitrogens is 1. The molecule has 0 saturated heterocycles. The summed E-state index contributed by atoms with van der Waals surface area (Å²) in [6, 6.07) is 64.0.